The van der Waals surface area contributed by atoms with Crippen LogP contribution in [-0.4, -0.2) is 18.0 Å². The molecule has 1 heterocycles. The molecule has 0 saturated carbocycles. The summed E-state index contributed by atoms with van der Waals surface area (Å²) in [5.74, 6) is 0. The largest absolute Gasteiger partial charge is 0.371 e. The van der Waals surface area contributed by atoms with Crippen molar-refractivity contribution in [2.24, 2.45) is 5.41 Å². The Kier molecular flexibility index (Phi) is 4.13. The van der Waals surface area contributed by atoms with E-state index in [-0.39, 0.29) is 10.6 Å². The fourth-order valence-corrected chi connectivity index (χ4v) is 2.90. The maximum Gasteiger partial charge on any atom is 0.269 e. The Balaban J connectivity index is 2.23. The minimum atomic E-state index is -0.338. The lowest BCUT2D eigenvalue weighted by Gasteiger charge is -2.38. The number of non-ortho nitro benzene ring substituents is 1. The van der Waals surface area contributed by atoms with E-state index in [1.807, 2.05) is 6.07 Å². The van der Waals surface area contributed by atoms with Crippen LogP contribution in [0.3, 0.4) is 0 Å². The van der Waals surface area contributed by atoms with Gasteiger partial charge in [-0.3, -0.25) is 10.1 Å². The van der Waals surface area contributed by atoms with E-state index in [4.69, 9.17) is 0 Å². The zero-order chi connectivity index (χ0) is 14.0. The molecule has 1 fully saturated rings. The van der Waals surface area contributed by atoms with Crippen LogP contribution in [0.2, 0.25) is 0 Å². The molecule has 0 bridgehead atoms. The van der Waals surface area contributed by atoms with E-state index in [1.165, 1.54) is 0 Å². The number of rotatable bonds is 3. The molecule has 0 aliphatic carbocycles. The highest BCUT2D eigenvalue weighted by Gasteiger charge is 2.26. The molecule has 0 N–H and O–H groups in total. The van der Waals surface area contributed by atoms with Crippen LogP contribution in [0, 0.1) is 15.5 Å². The summed E-state index contributed by atoms with van der Waals surface area (Å²) >= 11 is 3.43. The number of nitrogens with zero attached hydrogens (tertiary/aromatic N) is 2. The van der Waals surface area contributed by atoms with Crippen molar-refractivity contribution in [3.63, 3.8) is 0 Å². The Hall–Kier alpha value is -1.10. The molecule has 0 amide bonds. The van der Waals surface area contributed by atoms with Crippen LogP contribution >= 0.6 is 15.9 Å². The van der Waals surface area contributed by atoms with Gasteiger partial charge in [0.2, 0.25) is 0 Å². The van der Waals surface area contributed by atoms with E-state index in [9.17, 15) is 10.1 Å². The number of hydrogen-bond donors (Lipinski definition) is 0. The van der Waals surface area contributed by atoms with Gasteiger partial charge in [-0.2, -0.15) is 0 Å². The highest BCUT2D eigenvalue weighted by atomic mass is 79.9. The first kappa shape index (κ1) is 14.3. The topological polar surface area (TPSA) is 46.4 Å². The predicted molar refractivity (Wildman–Crippen MR) is 81.0 cm³/mol. The van der Waals surface area contributed by atoms with Gasteiger partial charge in [0.15, 0.2) is 0 Å². The van der Waals surface area contributed by atoms with Gasteiger partial charge in [-0.1, -0.05) is 29.8 Å². The molecule has 1 aliphatic rings. The average molecular weight is 327 g/mol. The molecule has 1 aromatic carbocycles. The Morgan fingerprint density at radius 2 is 2.00 bits per heavy atom. The summed E-state index contributed by atoms with van der Waals surface area (Å²) in [5, 5.41) is 11.5. The second-order valence-corrected chi connectivity index (χ2v) is 6.42. The summed E-state index contributed by atoms with van der Waals surface area (Å²) in [6.45, 7) is 6.63. The van der Waals surface area contributed by atoms with E-state index in [0.717, 1.165) is 37.2 Å². The molecule has 1 aliphatic heterocycles. The zero-order valence-electron chi connectivity index (χ0n) is 11.4. The lowest BCUT2D eigenvalue weighted by molar-refractivity contribution is -0.384. The van der Waals surface area contributed by atoms with Gasteiger partial charge in [0.05, 0.1) is 4.92 Å². The summed E-state index contributed by atoms with van der Waals surface area (Å²) in [6.07, 6.45) is 2.32. The molecule has 2 rings (SSSR count). The number of nitro benzene ring substituents is 1. The molecule has 1 aromatic rings. The third-order valence-corrected chi connectivity index (χ3v) is 4.48. The second-order valence-electron chi connectivity index (χ2n) is 5.86. The van der Waals surface area contributed by atoms with Crippen LogP contribution in [0.5, 0.6) is 0 Å². The monoisotopic (exact) mass is 326 g/mol. The normalized spacial score (nSPS) is 18.4. The standard InChI is InChI=1S/C14H19BrN2O2/c1-14(2)5-7-16(8-6-14)13-4-3-12(17(18)19)9-11(13)10-15/h3-4,9H,5-8,10H2,1-2H3. The van der Waals surface area contributed by atoms with Gasteiger partial charge < -0.3 is 4.90 Å². The summed E-state index contributed by atoms with van der Waals surface area (Å²) < 4.78 is 0. The van der Waals surface area contributed by atoms with E-state index in [1.54, 1.807) is 12.1 Å². The van der Waals surface area contributed by atoms with E-state index in [2.05, 4.69) is 34.7 Å². The molecular formula is C14H19BrN2O2. The lowest BCUT2D eigenvalue weighted by atomic mass is 9.82. The smallest absolute Gasteiger partial charge is 0.269 e. The predicted octanol–water partition coefficient (Wildman–Crippen LogP) is 4.12. The first-order valence-corrected chi connectivity index (χ1v) is 7.63. The molecule has 0 atom stereocenters. The maximum atomic E-state index is 10.8. The molecule has 0 unspecified atom stereocenters. The van der Waals surface area contributed by atoms with Crippen LogP contribution < -0.4 is 4.90 Å². The third kappa shape index (κ3) is 3.26. The van der Waals surface area contributed by atoms with Crippen LogP contribution in [0.25, 0.3) is 0 Å². The van der Waals surface area contributed by atoms with Gasteiger partial charge in [0.1, 0.15) is 0 Å². The number of anilines is 1. The van der Waals surface area contributed by atoms with E-state index < -0.39 is 0 Å². The van der Waals surface area contributed by atoms with Crippen molar-refractivity contribution >= 4 is 27.3 Å². The van der Waals surface area contributed by atoms with Crippen LogP contribution in [0.4, 0.5) is 11.4 Å². The molecule has 0 spiro atoms. The highest BCUT2D eigenvalue weighted by Crippen LogP contribution is 2.35. The molecular weight excluding hydrogens is 308 g/mol. The van der Waals surface area contributed by atoms with E-state index >= 15 is 0 Å². The minimum absolute atomic E-state index is 0.163. The molecule has 1 saturated heterocycles. The Bertz CT molecular complexity index is 478. The number of benzene rings is 1. The SMILES string of the molecule is CC1(C)CCN(c2ccc([N+](=O)[O-])cc2CBr)CC1. The van der Waals surface area contributed by atoms with Crippen molar-refractivity contribution in [1.82, 2.24) is 0 Å². The number of hydrogen-bond acceptors (Lipinski definition) is 3. The summed E-state index contributed by atoms with van der Waals surface area (Å²) in [4.78, 5) is 12.8. The van der Waals surface area contributed by atoms with Gasteiger partial charge in [0, 0.05) is 36.2 Å². The van der Waals surface area contributed by atoms with Gasteiger partial charge in [-0.25, -0.2) is 0 Å². The van der Waals surface area contributed by atoms with Crippen LogP contribution in [0.1, 0.15) is 32.3 Å². The van der Waals surface area contributed by atoms with Gasteiger partial charge in [-0.15, -0.1) is 0 Å². The first-order chi connectivity index (χ1) is 8.93. The van der Waals surface area contributed by atoms with E-state index in [0.29, 0.717) is 10.7 Å². The number of piperidine rings is 1. The van der Waals surface area contributed by atoms with Gasteiger partial charge in [0.25, 0.3) is 5.69 Å². The Morgan fingerprint density at radius 1 is 1.37 bits per heavy atom. The van der Waals surface area contributed by atoms with Crippen molar-refractivity contribution in [3.8, 4) is 0 Å². The molecule has 19 heavy (non-hydrogen) atoms. The summed E-state index contributed by atoms with van der Waals surface area (Å²) in [6, 6.07) is 5.15. The van der Waals surface area contributed by atoms with Crippen LogP contribution in [-0.2, 0) is 5.33 Å². The molecule has 0 radical (unpaired) electrons. The van der Waals surface area contributed by atoms with Crippen molar-refractivity contribution in [2.75, 3.05) is 18.0 Å². The average Bonchev–Trinajstić information content (AvgIpc) is 2.38. The zero-order valence-corrected chi connectivity index (χ0v) is 12.9. The Morgan fingerprint density at radius 3 is 2.53 bits per heavy atom. The number of halogens is 1. The van der Waals surface area contributed by atoms with Crippen LogP contribution in [0.15, 0.2) is 18.2 Å². The summed E-state index contributed by atoms with van der Waals surface area (Å²) in [7, 11) is 0. The molecule has 5 heteroatoms. The Labute approximate surface area is 122 Å². The second kappa shape index (κ2) is 5.49. The van der Waals surface area contributed by atoms with Crippen molar-refractivity contribution in [1.29, 1.82) is 0 Å². The number of alkyl halides is 1. The van der Waals surface area contributed by atoms with Gasteiger partial charge in [-0.05, 0) is 29.9 Å². The van der Waals surface area contributed by atoms with Gasteiger partial charge >= 0.3 is 0 Å². The molecule has 4 nitrogen and oxygen atoms in total. The van der Waals surface area contributed by atoms with Crippen molar-refractivity contribution in [2.45, 2.75) is 32.0 Å². The minimum Gasteiger partial charge on any atom is -0.371 e. The molecule has 104 valence electrons. The van der Waals surface area contributed by atoms with Crippen molar-refractivity contribution in [3.05, 3.63) is 33.9 Å². The number of nitro groups is 1. The molecule has 0 aromatic heterocycles. The maximum absolute atomic E-state index is 10.8. The quantitative estimate of drug-likeness (QED) is 0.477. The summed E-state index contributed by atoms with van der Waals surface area (Å²) in [5.41, 5.74) is 2.69. The highest BCUT2D eigenvalue weighted by molar-refractivity contribution is 9.08. The fraction of sp³-hybridized carbons (Fsp3) is 0.571. The third-order valence-electron chi connectivity index (χ3n) is 3.88. The lowest BCUT2D eigenvalue weighted by Crippen LogP contribution is -2.37. The fourth-order valence-electron chi connectivity index (χ4n) is 2.45. The van der Waals surface area contributed by atoms with Crippen molar-refractivity contribution < 1.29 is 4.92 Å². The first-order valence-electron chi connectivity index (χ1n) is 6.51.